The van der Waals surface area contributed by atoms with Crippen molar-refractivity contribution in [2.45, 2.75) is 36.9 Å². The van der Waals surface area contributed by atoms with E-state index in [0.717, 1.165) is 41.4 Å². The minimum atomic E-state index is -0.0544. The fraction of sp³-hybridized carbons (Fsp3) is 0.667. The van der Waals surface area contributed by atoms with Gasteiger partial charge in [-0.2, -0.15) is 0 Å². The summed E-state index contributed by atoms with van der Waals surface area (Å²) in [5.74, 6) is 0.885. The molecule has 1 aliphatic carbocycles. The summed E-state index contributed by atoms with van der Waals surface area (Å²) in [7, 11) is 0. The van der Waals surface area contributed by atoms with E-state index in [1.54, 1.807) is 16.3 Å². The summed E-state index contributed by atoms with van der Waals surface area (Å²) in [5.41, 5.74) is 1.93. The molecule has 7 heteroatoms. The summed E-state index contributed by atoms with van der Waals surface area (Å²) in [5, 5.41) is 0.797. The second-order valence-electron chi connectivity index (χ2n) is 6.01. The Bertz CT molecular complexity index is 667. The molecule has 1 aromatic rings. The molecule has 3 aliphatic rings. The number of thioether (sulfide) groups is 1. The average Bonchev–Trinajstić information content (AvgIpc) is 3.16. The van der Waals surface area contributed by atoms with Crippen LogP contribution in [0.2, 0.25) is 0 Å². The third kappa shape index (κ3) is 2.36. The van der Waals surface area contributed by atoms with E-state index in [1.807, 2.05) is 4.90 Å². The van der Waals surface area contributed by atoms with E-state index in [2.05, 4.69) is 4.98 Å². The zero-order chi connectivity index (χ0) is 15.1. The molecule has 1 saturated heterocycles. The number of hydrogen-bond donors (Lipinski definition) is 0. The summed E-state index contributed by atoms with van der Waals surface area (Å²) in [6.07, 6.45) is 3.15. The van der Waals surface area contributed by atoms with Crippen LogP contribution < -0.4 is 5.56 Å². The summed E-state index contributed by atoms with van der Waals surface area (Å²) < 4.78 is 7.05. The van der Waals surface area contributed by atoms with Crippen molar-refractivity contribution in [3.8, 4) is 0 Å². The lowest BCUT2D eigenvalue weighted by Gasteiger charge is -2.28. The van der Waals surface area contributed by atoms with Crippen LogP contribution in [0.4, 0.5) is 0 Å². The quantitative estimate of drug-likeness (QED) is 0.748. The molecular weight excluding hydrogens is 302 g/mol. The third-order valence-corrected chi connectivity index (χ3v) is 5.74. The fourth-order valence-corrected chi connectivity index (χ4v) is 4.60. The third-order valence-electron chi connectivity index (χ3n) is 4.65. The van der Waals surface area contributed by atoms with Crippen LogP contribution in [-0.2, 0) is 22.4 Å². The Kier molecular flexibility index (Phi) is 3.69. The highest BCUT2D eigenvalue weighted by atomic mass is 32.2. The molecule has 1 fully saturated rings. The molecule has 2 aliphatic heterocycles. The zero-order valence-corrected chi connectivity index (χ0v) is 13.2. The van der Waals surface area contributed by atoms with Gasteiger partial charge in [-0.1, -0.05) is 11.8 Å². The van der Waals surface area contributed by atoms with Crippen LogP contribution in [0.25, 0.3) is 0 Å². The SMILES string of the molecule is O=C(CC1CSc2nc3c(c(=O)n21)CCC3)N1CCOCC1. The Morgan fingerprint density at radius 2 is 2.14 bits per heavy atom. The number of amides is 1. The predicted octanol–water partition coefficient (Wildman–Crippen LogP) is 0.628. The highest BCUT2D eigenvalue weighted by Gasteiger charge is 2.32. The highest BCUT2D eigenvalue weighted by Crippen LogP contribution is 2.34. The van der Waals surface area contributed by atoms with Crippen molar-refractivity contribution < 1.29 is 9.53 Å². The molecule has 1 unspecified atom stereocenters. The van der Waals surface area contributed by atoms with Crippen LogP contribution in [-0.4, -0.2) is 52.4 Å². The summed E-state index contributed by atoms with van der Waals surface area (Å²) in [6, 6.07) is -0.0544. The van der Waals surface area contributed by atoms with Crippen molar-refractivity contribution in [3.63, 3.8) is 0 Å². The highest BCUT2D eigenvalue weighted by molar-refractivity contribution is 7.99. The smallest absolute Gasteiger partial charge is 0.257 e. The fourth-order valence-electron chi connectivity index (χ4n) is 3.45. The van der Waals surface area contributed by atoms with Crippen molar-refractivity contribution in [2.75, 3.05) is 32.1 Å². The van der Waals surface area contributed by atoms with Crippen molar-refractivity contribution in [3.05, 3.63) is 21.6 Å². The van der Waals surface area contributed by atoms with E-state index in [9.17, 15) is 9.59 Å². The van der Waals surface area contributed by atoms with Gasteiger partial charge >= 0.3 is 0 Å². The summed E-state index contributed by atoms with van der Waals surface area (Å²) in [6.45, 7) is 2.53. The number of aromatic nitrogens is 2. The summed E-state index contributed by atoms with van der Waals surface area (Å²) in [4.78, 5) is 31.6. The van der Waals surface area contributed by atoms with Gasteiger partial charge in [-0.15, -0.1) is 0 Å². The van der Waals surface area contributed by atoms with Crippen molar-refractivity contribution >= 4 is 17.7 Å². The Balaban J connectivity index is 1.57. The van der Waals surface area contributed by atoms with Gasteiger partial charge in [-0.05, 0) is 19.3 Å². The van der Waals surface area contributed by atoms with E-state index < -0.39 is 0 Å². The molecule has 6 nitrogen and oxygen atoms in total. The van der Waals surface area contributed by atoms with Gasteiger partial charge in [0.05, 0.1) is 24.9 Å². The number of rotatable bonds is 2. The zero-order valence-electron chi connectivity index (χ0n) is 12.4. The molecular formula is C15H19N3O3S. The minimum Gasteiger partial charge on any atom is -0.378 e. The van der Waals surface area contributed by atoms with E-state index in [4.69, 9.17) is 4.74 Å². The number of morpholine rings is 1. The molecule has 0 saturated carbocycles. The molecule has 0 bridgehead atoms. The first-order valence-corrected chi connectivity index (χ1v) is 8.85. The van der Waals surface area contributed by atoms with Crippen LogP contribution in [0.3, 0.4) is 0 Å². The monoisotopic (exact) mass is 321 g/mol. The second kappa shape index (κ2) is 5.70. The number of carbonyl (C=O) groups excluding carboxylic acids is 1. The first kappa shape index (κ1) is 14.3. The lowest BCUT2D eigenvalue weighted by atomic mass is 10.2. The largest absolute Gasteiger partial charge is 0.378 e. The Morgan fingerprint density at radius 3 is 2.95 bits per heavy atom. The lowest BCUT2D eigenvalue weighted by Crippen LogP contribution is -2.42. The topological polar surface area (TPSA) is 64.4 Å². The van der Waals surface area contributed by atoms with Gasteiger partial charge in [-0.3, -0.25) is 14.2 Å². The van der Waals surface area contributed by atoms with Gasteiger partial charge in [0.25, 0.3) is 5.56 Å². The average molecular weight is 321 g/mol. The van der Waals surface area contributed by atoms with E-state index >= 15 is 0 Å². The Labute approximate surface area is 132 Å². The molecule has 118 valence electrons. The maximum absolute atomic E-state index is 12.7. The molecule has 0 radical (unpaired) electrons. The number of carbonyl (C=O) groups is 1. The van der Waals surface area contributed by atoms with Crippen LogP contribution in [0, 0.1) is 0 Å². The van der Waals surface area contributed by atoms with Gasteiger partial charge in [-0.25, -0.2) is 4.98 Å². The normalized spacial score (nSPS) is 23.5. The van der Waals surface area contributed by atoms with Crippen LogP contribution in [0.15, 0.2) is 9.95 Å². The second-order valence-corrected chi connectivity index (χ2v) is 7.00. The van der Waals surface area contributed by atoms with Crippen molar-refractivity contribution in [1.82, 2.24) is 14.5 Å². The molecule has 22 heavy (non-hydrogen) atoms. The molecule has 1 aromatic heterocycles. The van der Waals surface area contributed by atoms with Gasteiger partial charge in [0.2, 0.25) is 5.91 Å². The first-order chi connectivity index (χ1) is 10.7. The van der Waals surface area contributed by atoms with Crippen molar-refractivity contribution in [1.29, 1.82) is 0 Å². The predicted molar refractivity (Wildman–Crippen MR) is 82.3 cm³/mol. The molecule has 0 aromatic carbocycles. The first-order valence-electron chi connectivity index (χ1n) is 7.86. The van der Waals surface area contributed by atoms with Crippen LogP contribution in [0.5, 0.6) is 0 Å². The minimum absolute atomic E-state index is 0.0544. The van der Waals surface area contributed by atoms with Crippen LogP contribution in [0.1, 0.15) is 30.1 Å². The lowest BCUT2D eigenvalue weighted by molar-refractivity contribution is -0.136. The molecule has 0 N–H and O–H groups in total. The van der Waals surface area contributed by atoms with Gasteiger partial charge in [0, 0.05) is 30.8 Å². The van der Waals surface area contributed by atoms with E-state index in [-0.39, 0.29) is 17.5 Å². The summed E-state index contributed by atoms with van der Waals surface area (Å²) >= 11 is 1.60. The van der Waals surface area contributed by atoms with Crippen molar-refractivity contribution in [2.24, 2.45) is 0 Å². The Hall–Kier alpha value is -1.34. The maximum atomic E-state index is 12.7. The Morgan fingerprint density at radius 1 is 1.32 bits per heavy atom. The molecule has 1 atom stereocenters. The molecule has 3 heterocycles. The number of hydrogen-bond acceptors (Lipinski definition) is 5. The molecule has 0 spiro atoms. The van der Waals surface area contributed by atoms with Gasteiger partial charge in [0.15, 0.2) is 5.16 Å². The molecule has 1 amide bonds. The molecule has 4 rings (SSSR count). The number of fused-ring (bicyclic) bond motifs is 2. The standard InChI is InChI=1S/C15H19N3O3S/c19-13(17-4-6-21-7-5-17)8-10-9-22-15-16-12-3-1-2-11(12)14(20)18(10)15/h10H,1-9H2. The van der Waals surface area contributed by atoms with Gasteiger partial charge in [0.1, 0.15) is 0 Å². The van der Waals surface area contributed by atoms with E-state index in [0.29, 0.717) is 32.7 Å². The number of aryl methyl sites for hydroxylation is 1. The van der Waals surface area contributed by atoms with E-state index in [1.165, 1.54) is 0 Å². The van der Waals surface area contributed by atoms with Gasteiger partial charge < -0.3 is 9.64 Å². The number of nitrogens with zero attached hydrogens (tertiary/aromatic N) is 3. The number of ether oxygens (including phenoxy) is 1. The van der Waals surface area contributed by atoms with Crippen LogP contribution >= 0.6 is 11.8 Å². The maximum Gasteiger partial charge on any atom is 0.257 e.